The lowest BCUT2D eigenvalue weighted by Gasteiger charge is -2.01. The van der Waals surface area contributed by atoms with Crippen molar-refractivity contribution in [2.75, 3.05) is 7.05 Å². The summed E-state index contributed by atoms with van der Waals surface area (Å²) in [4.78, 5) is 9.41. The van der Waals surface area contributed by atoms with Crippen LogP contribution in [0.1, 0.15) is 0 Å². The minimum absolute atomic E-state index is 0.0787. The highest BCUT2D eigenvalue weighted by Gasteiger charge is 1.83. The molecule has 0 aromatic rings. The lowest BCUT2D eigenvalue weighted by Crippen LogP contribution is -2.99. The Labute approximate surface area is 40.7 Å². The van der Waals surface area contributed by atoms with Gasteiger partial charge in [-0.15, -0.1) is 5.12 Å². The van der Waals surface area contributed by atoms with E-state index in [0.717, 1.165) is 6.34 Å². The maximum atomic E-state index is 9.41. The van der Waals surface area contributed by atoms with E-state index in [2.05, 4.69) is 10.7 Å². The van der Waals surface area contributed by atoms with E-state index in [4.69, 9.17) is 5.41 Å². The molecule has 0 amide bonds. The Morgan fingerprint density at radius 1 is 2.00 bits per heavy atom. The van der Waals surface area contributed by atoms with Gasteiger partial charge in [0, 0.05) is 0 Å². The zero-order chi connectivity index (χ0) is 5.70. The highest BCUT2D eigenvalue weighted by Crippen LogP contribution is 1.52. The van der Waals surface area contributed by atoms with Crippen molar-refractivity contribution in [2.24, 2.45) is 5.29 Å². The van der Waals surface area contributed by atoms with Gasteiger partial charge in [-0.1, -0.05) is 11.2 Å². The molecular formula is C2H6N4O. The molecule has 2 N–H and O–H groups in total. The molecule has 40 valence electrons. The first-order valence-electron chi connectivity index (χ1n) is 1.68. The number of nitroso groups, excluding NO2 is 1. The number of hydrogen-bond donors (Lipinski definition) is 2. The van der Waals surface area contributed by atoms with Crippen LogP contribution in [0.3, 0.4) is 0 Å². The summed E-state index contributed by atoms with van der Waals surface area (Å²) in [7, 11) is 1.43. The molecule has 0 aliphatic heterocycles. The molecule has 0 heterocycles. The molecule has 1 atom stereocenters. The van der Waals surface area contributed by atoms with E-state index in [9.17, 15) is 4.91 Å². The molecule has 0 aromatic carbocycles. The van der Waals surface area contributed by atoms with Gasteiger partial charge in [0.1, 0.15) is 7.05 Å². The monoisotopic (exact) mass is 102 g/mol. The Kier molecular flexibility index (Phi) is 2.78. The third kappa shape index (κ3) is 2.84. The van der Waals surface area contributed by atoms with Crippen molar-refractivity contribution in [3.05, 3.63) is 10.3 Å². The molecular weight excluding hydrogens is 96.0 g/mol. The Morgan fingerprint density at radius 3 is 2.71 bits per heavy atom. The second kappa shape index (κ2) is 3.23. The summed E-state index contributed by atoms with van der Waals surface area (Å²) in [6.45, 7) is 0. The summed E-state index contributed by atoms with van der Waals surface area (Å²) in [5.74, 6) is 0. The van der Waals surface area contributed by atoms with Crippen molar-refractivity contribution in [1.29, 1.82) is 5.41 Å². The fraction of sp³-hybridized carbons (Fsp3) is 0.500. The number of nitrogens with one attached hydrogen (secondary N) is 2. The van der Waals surface area contributed by atoms with Crippen molar-refractivity contribution in [2.45, 2.75) is 0 Å². The average molecular weight is 102 g/mol. The maximum Gasteiger partial charge on any atom is 0.162 e. The minimum Gasteiger partial charge on any atom is -0.484 e. The quantitative estimate of drug-likeness (QED) is 0.205. The van der Waals surface area contributed by atoms with E-state index in [0.29, 0.717) is 0 Å². The second-order valence-corrected chi connectivity index (χ2v) is 0.897. The van der Waals surface area contributed by atoms with E-state index in [1.807, 2.05) is 0 Å². The molecule has 0 fully saturated rings. The number of hydrogen-bond acceptors (Lipinski definition) is 3. The lowest BCUT2D eigenvalue weighted by atomic mass is 11.3. The molecule has 1 unspecified atom stereocenters. The van der Waals surface area contributed by atoms with Crippen LogP contribution in [0.25, 0.3) is 5.43 Å². The van der Waals surface area contributed by atoms with Gasteiger partial charge in [0.15, 0.2) is 5.29 Å². The largest absolute Gasteiger partial charge is 0.484 e. The van der Waals surface area contributed by atoms with E-state index < -0.39 is 0 Å². The highest BCUT2D eigenvalue weighted by molar-refractivity contribution is 5.62. The van der Waals surface area contributed by atoms with Crippen LogP contribution in [0.2, 0.25) is 0 Å². The molecule has 5 heteroatoms. The van der Waals surface area contributed by atoms with Crippen LogP contribution in [-0.2, 0) is 0 Å². The molecule has 0 aliphatic carbocycles. The molecule has 0 aromatic heterocycles. The lowest BCUT2D eigenvalue weighted by molar-refractivity contribution is -0.843. The molecule has 0 spiro atoms. The predicted octanol–water partition coefficient (Wildman–Crippen LogP) is -0.922. The zero-order valence-corrected chi connectivity index (χ0v) is 3.88. The Morgan fingerprint density at radius 2 is 2.57 bits per heavy atom. The molecule has 0 aliphatic rings. The highest BCUT2D eigenvalue weighted by atomic mass is 16.3. The molecule has 0 bridgehead atoms. The van der Waals surface area contributed by atoms with Crippen molar-refractivity contribution < 1.29 is 5.12 Å². The summed E-state index contributed by atoms with van der Waals surface area (Å²) >= 11 is 0. The molecule has 5 nitrogen and oxygen atoms in total. The van der Waals surface area contributed by atoms with Crippen molar-refractivity contribution in [1.82, 2.24) is 0 Å². The standard InChI is InChI=1S/C2H6N4O/c1-6(5-7)4-2-3/h2,6H,1H3,(H-,3,4). The van der Waals surface area contributed by atoms with Gasteiger partial charge in [-0.05, 0) is 0 Å². The number of nitrogens with zero attached hydrogens (tertiary/aromatic N) is 2. The number of quaternary nitrogens is 1. The molecule has 7 heavy (non-hydrogen) atoms. The van der Waals surface area contributed by atoms with Crippen molar-refractivity contribution >= 4 is 6.34 Å². The van der Waals surface area contributed by atoms with Gasteiger partial charge < -0.3 is 5.41 Å². The summed E-state index contributed by atoms with van der Waals surface area (Å²) in [5.41, 5.74) is 3.22. The maximum absolute atomic E-state index is 9.41. The SMILES string of the molecule is C[NH+](N=O)[N-]C=N. The van der Waals surface area contributed by atoms with Crippen LogP contribution in [0.4, 0.5) is 0 Å². The zero-order valence-electron chi connectivity index (χ0n) is 3.88. The second-order valence-electron chi connectivity index (χ2n) is 0.897. The smallest absolute Gasteiger partial charge is 0.162 e. The Bertz CT molecular complexity index is 72.1. The normalized spacial score (nSPS) is 12.1. The van der Waals surface area contributed by atoms with Gasteiger partial charge in [0.25, 0.3) is 0 Å². The van der Waals surface area contributed by atoms with Gasteiger partial charge >= 0.3 is 0 Å². The van der Waals surface area contributed by atoms with Crippen molar-refractivity contribution in [3.8, 4) is 0 Å². The van der Waals surface area contributed by atoms with Gasteiger partial charge in [0.05, 0.1) is 0 Å². The van der Waals surface area contributed by atoms with Crippen LogP contribution in [0.5, 0.6) is 0 Å². The van der Waals surface area contributed by atoms with Gasteiger partial charge in [-0.2, -0.15) is 0 Å². The average Bonchev–Trinajstić information content (AvgIpc) is 1.68. The van der Waals surface area contributed by atoms with Crippen LogP contribution >= 0.6 is 0 Å². The first-order valence-corrected chi connectivity index (χ1v) is 1.68. The number of rotatable bonds is 3. The van der Waals surface area contributed by atoms with Gasteiger partial charge in [-0.3, -0.25) is 5.43 Å². The topological polar surface area (TPSA) is 71.8 Å². The van der Waals surface area contributed by atoms with Gasteiger partial charge in [-0.25, -0.2) is 0 Å². The first kappa shape index (κ1) is 6.03. The summed E-state index contributed by atoms with van der Waals surface area (Å²) in [5, 5.41) is 8.83. The van der Waals surface area contributed by atoms with Crippen LogP contribution in [0.15, 0.2) is 5.29 Å². The van der Waals surface area contributed by atoms with Crippen molar-refractivity contribution in [3.63, 3.8) is 0 Å². The van der Waals surface area contributed by atoms with E-state index in [1.54, 1.807) is 0 Å². The minimum atomic E-state index is 0.0787. The summed E-state index contributed by atoms with van der Waals surface area (Å²) in [6, 6.07) is 0. The summed E-state index contributed by atoms with van der Waals surface area (Å²) < 4.78 is 0. The van der Waals surface area contributed by atoms with Crippen LogP contribution in [-0.4, -0.2) is 13.4 Å². The van der Waals surface area contributed by atoms with Gasteiger partial charge in [0.2, 0.25) is 0 Å². The fourth-order valence-electron chi connectivity index (χ4n) is 0.117. The Balaban J connectivity index is 3.15. The van der Waals surface area contributed by atoms with Crippen LogP contribution < -0.4 is 5.12 Å². The molecule has 0 saturated carbocycles. The molecule has 0 saturated heterocycles. The Hall–Kier alpha value is -0.970. The van der Waals surface area contributed by atoms with E-state index in [-0.39, 0.29) is 5.12 Å². The van der Waals surface area contributed by atoms with Crippen LogP contribution in [0, 0.1) is 10.3 Å². The van der Waals surface area contributed by atoms with E-state index >= 15 is 0 Å². The van der Waals surface area contributed by atoms with E-state index in [1.165, 1.54) is 7.05 Å². The molecule has 0 radical (unpaired) electrons. The predicted molar refractivity (Wildman–Crippen MR) is 24.8 cm³/mol. The molecule has 0 rings (SSSR count). The first-order chi connectivity index (χ1) is 3.31. The third-order valence-electron chi connectivity index (χ3n) is 0.383. The fourth-order valence-corrected chi connectivity index (χ4v) is 0.117. The summed E-state index contributed by atoms with van der Waals surface area (Å²) in [6.07, 6.45) is 0.775. The third-order valence-corrected chi connectivity index (χ3v) is 0.383.